The highest BCUT2D eigenvalue weighted by molar-refractivity contribution is 5.97. The third kappa shape index (κ3) is 5.55. The van der Waals surface area contributed by atoms with Crippen LogP contribution in [0, 0.1) is 0 Å². The van der Waals surface area contributed by atoms with Gasteiger partial charge in [0.05, 0.1) is 24.6 Å². The largest absolute Gasteiger partial charge is 0.489 e. The van der Waals surface area contributed by atoms with Crippen LogP contribution in [0.3, 0.4) is 0 Å². The maximum absolute atomic E-state index is 12.8. The lowest BCUT2D eigenvalue weighted by atomic mass is 10.1. The molecular weight excluding hydrogens is 430 g/mol. The first-order chi connectivity index (χ1) is 16.4. The Bertz CT molecular complexity index is 1330. The van der Waals surface area contributed by atoms with Gasteiger partial charge in [0.15, 0.2) is 0 Å². The van der Waals surface area contributed by atoms with Crippen LogP contribution in [0.4, 0.5) is 0 Å². The van der Waals surface area contributed by atoms with E-state index in [1.807, 2.05) is 50.4 Å². The minimum absolute atomic E-state index is 0.121. The van der Waals surface area contributed by atoms with Gasteiger partial charge in [-0.3, -0.25) is 14.5 Å². The van der Waals surface area contributed by atoms with Gasteiger partial charge in [0.1, 0.15) is 17.4 Å². The zero-order chi connectivity index (χ0) is 24.1. The number of hydrogen-bond acceptors (Lipinski definition) is 5. The predicted octanol–water partition coefficient (Wildman–Crippen LogP) is 3.96. The molecule has 0 radical (unpaired) electrons. The summed E-state index contributed by atoms with van der Waals surface area (Å²) in [5, 5.41) is 3.35. The average molecular weight is 460 g/mol. The Hall–Kier alpha value is -3.84. The lowest BCUT2D eigenvalue weighted by molar-refractivity contribution is 0.0930. The number of fused-ring (bicyclic) bond motifs is 1. The summed E-state index contributed by atoms with van der Waals surface area (Å²) < 4.78 is 12.9. The maximum Gasteiger partial charge on any atom is 0.256 e. The molecule has 2 aromatic heterocycles. The fourth-order valence-electron chi connectivity index (χ4n) is 3.99. The highest BCUT2D eigenvalue weighted by Crippen LogP contribution is 2.17. The lowest BCUT2D eigenvalue weighted by Gasteiger charge is -2.18. The zero-order valence-electron chi connectivity index (χ0n) is 19.7. The Morgan fingerprint density at radius 3 is 2.71 bits per heavy atom. The topological polar surface area (TPSA) is 76.7 Å². The molecule has 0 aliphatic heterocycles. The number of nitrogens with one attached hydrogen (secondary N) is 1. The summed E-state index contributed by atoms with van der Waals surface area (Å²) in [6.07, 6.45) is 4.73. The van der Waals surface area contributed by atoms with Crippen LogP contribution in [0.2, 0.25) is 0 Å². The third-order valence-corrected chi connectivity index (χ3v) is 5.61. The lowest BCUT2D eigenvalue weighted by Crippen LogP contribution is -2.36. The number of carbonyl (C=O) groups is 1. The van der Waals surface area contributed by atoms with Gasteiger partial charge in [0, 0.05) is 37.3 Å². The van der Waals surface area contributed by atoms with Gasteiger partial charge in [-0.15, -0.1) is 0 Å². The number of rotatable bonds is 9. The molecule has 4 aromatic rings. The Labute approximate surface area is 198 Å². The van der Waals surface area contributed by atoms with Crippen molar-refractivity contribution in [3.63, 3.8) is 0 Å². The number of ether oxygens (including phenoxy) is 1. The molecular formula is C27H29N3O4. The minimum Gasteiger partial charge on any atom is -0.489 e. The van der Waals surface area contributed by atoms with E-state index in [0.29, 0.717) is 5.39 Å². The molecule has 2 aromatic carbocycles. The molecule has 1 atom stereocenters. The number of nitrogens with zero attached hydrogens (tertiary/aromatic N) is 2. The van der Waals surface area contributed by atoms with Crippen LogP contribution in [-0.2, 0) is 20.1 Å². The molecule has 0 saturated carbocycles. The number of para-hydroxylation sites is 1. The molecule has 0 aliphatic carbocycles. The van der Waals surface area contributed by atoms with Crippen LogP contribution in [0.1, 0.15) is 28.4 Å². The highest BCUT2D eigenvalue weighted by atomic mass is 16.5. The van der Waals surface area contributed by atoms with Crippen molar-refractivity contribution in [1.29, 1.82) is 0 Å². The van der Waals surface area contributed by atoms with E-state index >= 15 is 0 Å². The number of aromatic nitrogens is 1. The summed E-state index contributed by atoms with van der Waals surface area (Å²) in [7, 11) is 3.87. The van der Waals surface area contributed by atoms with Crippen LogP contribution in [-0.4, -0.2) is 35.1 Å². The van der Waals surface area contributed by atoms with Crippen LogP contribution < -0.4 is 15.5 Å². The van der Waals surface area contributed by atoms with Crippen molar-refractivity contribution >= 4 is 16.8 Å². The average Bonchev–Trinajstić information content (AvgIpc) is 3.33. The van der Waals surface area contributed by atoms with E-state index in [9.17, 15) is 9.59 Å². The molecule has 0 fully saturated rings. The monoisotopic (exact) mass is 459 g/mol. The first-order valence-corrected chi connectivity index (χ1v) is 11.2. The van der Waals surface area contributed by atoms with Crippen LogP contribution >= 0.6 is 0 Å². The van der Waals surface area contributed by atoms with Gasteiger partial charge in [-0.1, -0.05) is 24.3 Å². The van der Waals surface area contributed by atoms with Crippen molar-refractivity contribution in [2.24, 2.45) is 7.05 Å². The van der Waals surface area contributed by atoms with Gasteiger partial charge in [-0.05, 0) is 49.9 Å². The standard InChI is InChI=1S/C27H29N3O4/c1-19(14-28-27(32)24-17-30(3)25-10-5-4-9-23(25)26(24)31)34-22-8-6-7-20(13-22)15-29(2)16-21-11-12-33-18-21/h4-13,17-19H,14-16H2,1-3H3,(H,28,32)/t19-/m0/s1. The van der Waals surface area contributed by atoms with Crippen molar-refractivity contribution in [3.8, 4) is 5.75 Å². The SMILES string of the molecule is C[C@@H](CNC(=O)c1cn(C)c2ccccc2c1=O)Oc1cccc(CN(C)Cc2ccoc2)c1. The van der Waals surface area contributed by atoms with Crippen molar-refractivity contribution in [3.05, 3.63) is 100 Å². The number of benzene rings is 2. The summed E-state index contributed by atoms with van der Waals surface area (Å²) in [5.74, 6) is 0.328. The summed E-state index contributed by atoms with van der Waals surface area (Å²) in [5.41, 5.74) is 2.89. The number of aryl methyl sites for hydroxylation is 1. The number of carbonyl (C=O) groups excluding carboxylic acids is 1. The fourth-order valence-corrected chi connectivity index (χ4v) is 3.99. The molecule has 176 valence electrons. The molecule has 0 unspecified atom stereocenters. The van der Waals surface area contributed by atoms with Gasteiger partial charge < -0.3 is 19.0 Å². The van der Waals surface area contributed by atoms with E-state index in [2.05, 4.69) is 23.3 Å². The highest BCUT2D eigenvalue weighted by Gasteiger charge is 2.15. The molecule has 0 aliphatic rings. The first-order valence-electron chi connectivity index (χ1n) is 11.2. The van der Waals surface area contributed by atoms with Gasteiger partial charge >= 0.3 is 0 Å². The van der Waals surface area contributed by atoms with Gasteiger partial charge in [-0.25, -0.2) is 0 Å². The predicted molar refractivity (Wildman–Crippen MR) is 132 cm³/mol. The number of amides is 1. The van der Waals surface area contributed by atoms with Gasteiger partial charge in [0.25, 0.3) is 5.91 Å². The Morgan fingerprint density at radius 1 is 1.12 bits per heavy atom. The van der Waals surface area contributed by atoms with E-state index in [4.69, 9.17) is 9.15 Å². The smallest absolute Gasteiger partial charge is 0.256 e. The van der Waals surface area contributed by atoms with E-state index in [-0.39, 0.29) is 23.6 Å². The van der Waals surface area contributed by atoms with Crippen molar-refractivity contribution in [2.45, 2.75) is 26.1 Å². The Morgan fingerprint density at radius 2 is 1.91 bits per heavy atom. The molecule has 0 spiro atoms. The molecule has 4 rings (SSSR count). The summed E-state index contributed by atoms with van der Waals surface area (Å²) in [4.78, 5) is 27.7. The number of pyridine rings is 1. The molecule has 7 heteroatoms. The number of furan rings is 1. The minimum atomic E-state index is -0.406. The third-order valence-electron chi connectivity index (χ3n) is 5.61. The maximum atomic E-state index is 12.8. The molecule has 0 saturated heterocycles. The van der Waals surface area contributed by atoms with Crippen LogP contribution in [0.5, 0.6) is 5.75 Å². The fraction of sp³-hybridized carbons (Fsp3) is 0.259. The molecule has 1 amide bonds. The second kappa shape index (κ2) is 10.4. The molecule has 1 N–H and O–H groups in total. The van der Waals surface area contributed by atoms with E-state index < -0.39 is 5.91 Å². The molecule has 34 heavy (non-hydrogen) atoms. The molecule has 7 nitrogen and oxygen atoms in total. The van der Waals surface area contributed by atoms with Gasteiger partial charge in [-0.2, -0.15) is 0 Å². The van der Waals surface area contributed by atoms with Crippen LogP contribution in [0.25, 0.3) is 10.9 Å². The zero-order valence-corrected chi connectivity index (χ0v) is 19.7. The Kier molecular flexibility index (Phi) is 7.13. The van der Waals surface area contributed by atoms with E-state index in [1.54, 1.807) is 35.4 Å². The number of hydrogen-bond donors (Lipinski definition) is 1. The quantitative estimate of drug-likeness (QED) is 0.410. The first kappa shape index (κ1) is 23.3. The summed E-state index contributed by atoms with van der Waals surface area (Å²) >= 11 is 0. The van der Waals surface area contributed by atoms with E-state index in [0.717, 1.165) is 35.5 Å². The van der Waals surface area contributed by atoms with Crippen molar-refractivity contribution < 1.29 is 13.9 Å². The second-order valence-electron chi connectivity index (χ2n) is 8.59. The van der Waals surface area contributed by atoms with E-state index in [1.165, 1.54) is 0 Å². The van der Waals surface area contributed by atoms with Crippen molar-refractivity contribution in [2.75, 3.05) is 13.6 Å². The van der Waals surface area contributed by atoms with Crippen molar-refractivity contribution in [1.82, 2.24) is 14.8 Å². The summed E-state index contributed by atoms with van der Waals surface area (Å²) in [6.45, 7) is 3.72. The normalized spacial score (nSPS) is 12.1. The Balaban J connectivity index is 1.34. The molecule has 2 heterocycles. The van der Waals surface area contributed by atoms with Gasteiger partial charge in [0.2, 0.25) is 5.43 Å². The van der Waals surface area contributed by atoms with Crippen LogP contribution in [0.15, 0.2) is 82.5 Å². The molecule has 0 bridgehead atoms. The summed E-state index contributed by atoms with van der Waals surface area (Å²) in [6, 6.07) is 17.1. The second-order valence-corrected chi connectivity index (χ2v) is 8.59.